The first-order chi connectivity index (χ1) is 8.22. The minimum atomic E-state index is -0.340. The molecule has 2 heterocycles. The van der Waals surface area contributed by atoms with Crippen molar-refractivity contribution >= 4 is 11.8 Å². The summed E-state index contributed by atoms with van der Waals surface area (Å²) in [5, 5.41) is 2.79. The predicted octanol–water partition coefficient (Wildman–Crippen LogP) is 0.292. The molecule has 0 aliphatic carbocycles. The molecule has 2 rings (SSSR count). The molecule has 2 amide bonds. The van der Waals surface area contributed by atoms with Gasteiger partial charge in [0.25, 0.3) is 0 Å². The molecular formula is C12H20N2O3. The van der Waals surface area contributed by atoms with Crippen molar-refractivity contribution in [1.29, 1.82) is 0 Å². The van der Waals surface area contributed by atoms with E-state index in [1.165, 1.54) is 0 Å². The average Bonchev–Trinajstić information content (AvgIpc) is 2.50. The molecule has 5 nitrogen and oxygen atoms in total. The second kappa shape index (κ2) is 5.49. The van der Waals surface area contributed by atoms with E-state index in [-0.39, 0.29) is 23.9 Å². The smallest absolute Gasteiger partial charge is 0.245 e. The van der Waals surface area contributed by atoms with Crippen LogP contribution in [0.1, 0.15) is 32.6 Å². The highest BCUT2D eigenvalue weighted by Crippen LogP contribution is 2.18. The number of ether oxygens (including phenoxy) is 1. The minimum absolute atomic E-state index is 0.0141. The SMILES string of the molecule is CCC1NC(=O)CCN(C2CCOCC2)C1=O. The summed E-state index contributed by atoms with van der Waals surface area (Å²) >= 11 is 0. The Labute approximate surface area is 101 Å². The number of hydrogen-bond donors (Lipinski definition) is 1. The molecule has 1 unspecified atom stereocenters. The van der Waals surface area contributed by atoms with Crippen molar-refractivity contribution in [2.24, 2.45) is 0 Å². The number of amides is 2. The Kier molecular flexibility index (Phi) is 3.99. The highest BCUT2D eigenvalue weighted by molar-refractivity contribution is 5.90. The van der Waals surface area contributed by atoms with Crippen molar-refractivity contribution in [3.8, 4) is 0 Å². The van der Waals surface area contributed by atoms with Crippen LogP contribution >= 0.6 is 0 Å². The Hall–Kier alpha value is -1.10. The third-order valence-corrected chi connectivity index (χ3v) is 3.54. The van der Waals surface area contributed by atoms with Gasteiger partial charge in [-0.05, 0) is 19.3 Å². The van der Waals surface area contributed by atoms with Crippen LogP contribution in [0.2, 0.25) is 0 Å². The first kappa shape index (κ1) is 12.4. The molecule has 0 aromatic heterocycles. The van der Waals surface area contributed by atoms with Gasteiger partial charge in [-0.25, -0.2) is 0 Å². The minimum Gasteiger partial charge on any atom is -0.381 e. The fourth-order valence-electron chi connectivity index (χ4n) is 2.50. The summed E-state index contributed by atoms with van der Waals surface area (Å²) in [5.41, 5.74) is 0. The molecule has 0 spiro atoms. The fraction of sp³-hybridized carbons (Fsp3) is 0.833. The second-order valence-corrected chi connectivity index (χ2v) is 4.65. The van der Waals surface area contributed by atoms with E-state index in [4.69, 9.17) is 4.74 Å². The van der Waals surface area contributed by atoms with Crippen molar-refractivity contribution in [3.63, 3.8) is 0 Å². The van der Waals surface area contributed by atoms with E-state index in [9.17, 15) is 9.59 Å². The van der Waals surface area contributed by atoms with Gasteiger partial charge >= 0.3 is 0 Å². The number of rotatable bonds is 2. The van der Waals surface area contributed by atoms with E-state index in [2.05, 4.69) is 5.32 Å². The van der Waals surface area contributed by atoms with Crippen molar-refractivity contribution in [1.82, 2.24) is 10.2 Å². The van der Waals surface area contributed by atoms with E-state index >= 15 is 0 Å². The van der Waals surface area contributed by atoms with E-state index in [0.717, 1.165) is 12.8 Å². The van der Waals surface area contributed by atoms with Crippen LogP contribution in [0.25, 0.3) is 0 Å². The molecule has 2 fully saturated rings. The lowest BCUT2D eigenvalue weighted by Crippen LogP contribution is -2.49. The Morgan fingerprint density at radius 1 is 1.35 bits per heavy atom. The van der Waals surface area contributed by atoms with E-state index < -0.39 is 0 Å². The van der Waals surface area contributed by atoms with E-state index in [1.54, 1.807) is 0 Å². The molecular weight excluding hydrogens is 220 g/mol. The van der Waals surface area contributed by atoms with Gasteiger partial charge < -0.3 is 15.0 Å². The molecule has 0 radical (unpaired) electrons. The molecule has 0 aromatic rings. The molecule has 5 heteroatoms. The molecule has 2 aliphatic heterocycles. The first-order valence-electron chi connectivity index (χ1n) is 6.40. The zero-order valence-electron chi connectivity index (χ0n) is 10.3. The number of nitrogens with one attached hydrogen (secondary N) is 1. The molecule has 0 aromatic carbocycles. The maximum Gasteiger partial charge on any atom is 0.245 e. The van der Waals surface area contributed by atoms with Gasteiger partial charge in [0.15, 0.2) is 0 Å². The third kappa shape index (κ3) is 2.77. The fourth-order valence-corrected chi connectivity index (χ4v) is 2.50. The zero-order chi connectivity index (χ0) is 12.3. The van der Waals surface area contributed by atoms with Gasteiger partial charge in [-0.15, -0.1) is 0 Å². The van der Waals surface area contributed by atoms with Gasteiger partial charge in [0.2, 0.25) is 11.8 Å². The van der Waals surface area contributed by atoms with Crippen molar-refractivity contribution in [2.45, 2.75) is 44.7 Å². The van der Waals surface area contributed by atoms with Gasteiger partial charge in [0, 0.05) is 32.2 Å². The Morgan fingerprint density at radius 2 is 2.06 bits per heavy atom. The maximum atomic E-state index is 12.3. The summed E-state index contributed by atoms with van der Waals surface area (Å²) in [5.74, 6) is 0.0602. The van der Waals surface area contributed by atoms with Crippen LogP contribution in [-0.2, 0) is 14.3 Å². The quantitative estimate of drug-likeness (QED) is 0.755. The van der Waals surface area contributed by atoms with Gasteiger partial charge in [0.1, 0.15) is 6.04 Å². The van der Waals surface area contributed by atoms with Crippen molar-refractivity contribution in [2.75, 3.05) is 19.8 Å². The molecule has 2 aliphatic rings. The summed E-state index contributed by atoms with van der Waals surface area (Å²) < 4.78 is 5.31. The maximum absolute atomic E-state index is 12.3. The lowest BCUT2D eigenvalue weighted by molar-refractivity contribution is -0.137. The summed E-state index contributed by atoms with van der Waals surface area (Å²) in [7, 11) is 0. The Morgan fingerprint density at radius 3 is 2.71 bits per heavy atom. The number of hydrogen-bond acceptors (Lipinski definition) is 3. The highest BCUT2D eigenvalue weighted by Gasteiger charge is 2.33. The molecule has 0 bridgehead atoms. The van der Waals surface area contributed by atoms with Crippen LogP contribution in [0.3, 0.4) is 0 Å². The summed E-state index contributed by atoms with van der Waals surface area (Å²) in [6.07, 6.45) is 2.84. The average molecular weight is 240 g/mol. The second-order valence-electron chi connectivity index (χ2n) is 4.65. The van der Waals surface area contributed by atoms with Gasteiger partial charge in [-0.3, -0.25) is 9.59 Å². The Balaban J connectivity index is 2.08. The monoisotopic (exact) mass is 240 g/mol. The van der Waals surface area contributed by atoms with Crippen LogP contribution in [0.5, 0.6) is 0 Å². The molecule has 1 N–H and O–H groups in total. The van der Waals surface area contributed by atoms with Crippen LogP contribution < -0.4 is 5.32 Å². The van der Waals surface area contributed by atoms with Crippen molar-refractivity contribution in [3.05, 3.63) is 0 Å². The summed E-state index contributed by atoms with van der Waals surface area (Å²) in [6.45, 7) is 3.90. The molecule has 1 atom stereocenters. The number of nitrogens with zero attached hydrogens (tertiary/aromatic N) is 1. The third-order valence-electron chi connectivity index (χ3n) is 3.54. The normalized spacial score (nSPS) is 27.8. The molecule has 2 saturated heterocycles. The number of carbonyl (C=O) groups is 2. The Bertz CT molecular complexity index is 300. The highest BCUT2D eigenvalue weighted by atomic mass is 16.5. The van der Waals surface area contributed by atoms with Crippen LogP contribution in [0, 0.1) is 0 Å². The van der Waals surface area contributed by atoms with Crippen molar-refractivity contribution < 1.29 is 14.3 Å². The van der Waals surface area contributed by atoms with Crippen LogP contribution in [0.15, 0.2) is 0 Å². The zero-order valence-corrected chi connectivity index (χ0v) is 10.3. The first-order valence-corrected chi connectivity index (χ1v) is 6.40. The van der Waals surface area contributed by atoms with Gasteiger partial charge in [0.05, 0.1) is 0 Å². The summed E-state index contributed by atoms with van der Waals surface area (Å²) in [4.78, 5) is 25.7. The standard InChI is InChI=1S/C12H20N2O3/c1-2-10-12(16)14(6-3-11(15)13-10)9-4-7-17-8-5-9/h9-10H,2-8H2,1H3,(H,13,15). The van der Waals surface area contributed by atoms with Gasteiger partial charge in [-0.2, -0.15) is 0 Å². The molecule has 96 valence electrons. The van der Waals surface area contributed by atoms with Crippen LogP contribution in [0.4, 0.5) is 0 Å². The van der Waals surface area contributed by atoms with E-state index in [0.29, 0.717) is 32.6 Å². The molecule has 0 saturated carbocycles. The predicted molar refractivity (Wildman–Crippen MR) is 62.4 cm³/mol. The lowest BCUT2D eigenvalue weighted by atomic mass is 10.1. The largest absolute Gasteiger partial charge is 0.381 e. The van der Waals surface area contributed by atoms with E-state index in [1.807, 2.05) is 11.8 Å². The van der Waals surface area contributed by atoms with Crippen LogP contribution in [-0.4, -0.2) is 48.6 Å². The number of carbonyl (C=O) groups excluding carboxylic acids is 2. The lowest BCUT2D eigenvalue weighted by Gasteiger charge is -2.34. The molecule has 17 heavy (non-hydrogen) atoms. The summed E-state index contributed by atoms with van der Waals surface area (Å²) in [6, 6.07) is -0.0918. The van der Waals surface area contributed by atoms with Gasteiger partial charge in [-0.1, -0.05) is 6.92 Å². The topological polar surface area (TPSA) is 58.6 Å².